The van der Waals surface area contributed by atoms with Gasteiger partial charge in [-0.2, -0.15) is 0 Å². The standard InChI is InChI=1S/C24H38N4O2S/c1-6-27(7-2)11-12-28(24(31)25-10-9-13-30-8-3)17-21-16-20-15-18(4)14-19(5)22(20)26-23(21)29/h14-16H,6-13,17H2,1-5H3,(H,25,31)(H,26,29). The maximum absolute atomic E-state index is 12.8. The summed E-state index contributed by atoms with van der Waals surface area (Å²) in [5.74, 6) is 0. The summed E-state index contributed by atoms with van der Waals surface area (Å²) >= 11 is 5.70. The summed E-state index contributed by atoms with van der Waals surface area (Å²) in [6, 6.07) is 6.22. The van der Waals surface area contributed by atoms with Crippen LogP contribution in [-0.2, 0) is 11.3 Å². The van der Waals surface area contributed by atoms with Crippen LogP contribution in [0.5, 0.6) is 0 Å². The van der Waals surface area contributed by atoms with Crippen LogP contribution in [0.2, 0.25) is 0 Å². The fourth-order valence-electron chi connectivity index (χ4n) is 3.74. The first-order valence-corrected chi connectivity index (χ1v) is 11.8. The Kier molecular flexibility index (Phi) is 10.4. The van der Waals surface area contributed by atoms with Gasteiger partial charge in [-0.25, -0.2) is 0 Å². The van der Waals surface area contributed by atoms with Gasteiger partial charge in [0.2, 0.25) is 0 Å². The van der Waals surface area contributed by atoms with Gasteiger partial charge in [0.15, 0.2) is 5.11 Å². The minimum absolute atomic E-state index is 0.0496. The Balaban J connectivity index is 2.19. The summed E-state index contributed by atoms with van der Waals surface area (Å²) in [6.07, 6.45) is 0.896. The van der Waals surface area contributed by atoms with Crippen molar-refractivity contribution in [2.75, 3.05) is 45.9 Å². The molecule has 1 aromatic carbocycles. The number of benzene rings is 1. The van der Waals surface area contributed by atoms with Crippen molar-refractivity contribution in [2.45, 2.75) is 47.6 Å². The number of aromatic nitrogens is 1. The Morgan fingerprint density at radius 1 is 1.13 bits per heavy atom. The molecule has 2 aromatic rings. The maximum atomic E-state index is 12.8. The van der Waals surface area contributed by atoms with E-state index in [0.717, 1.165) is 67.8 Å². The molecule has 0 fully saturated rings. The SMILES string of the molecule is CCOCCCNC(=S)N(CCN(CC)CC)Cc1cc2cc(C)cc(C)c2[nH]c1=O. The molecule has 31 heavy (non-hydrogen) atoms. The average Bonchev–Trinajstić information content (AvgIpc) is 2.74. The summed E-state index contributed by atoms with van der Waals surface area (Å²) in [5.41, 5.74) is 3.86. The molecule has 1 heterocycles. The largest absolute Gasteiger partial charge is 0.382 e. The third-order valence-corrected chi connectivity index (χ3v) is 5.95. The number of thiocarbonyl (C=S) groups is 1. The topological polar surface area (TPSA) is 60.6 Å². The number of nitrogens with zero attached hydrogens (tertiary/aromatic N) is 2. The molecular formula is C24H38N4O2S. The van der Waals surface area contributed by atoms with Crippen molar-refractivity contribution >= 4 is 28.2 Å². The number of pyridine rings is 1. The van der Waals surface area contributed by atoms with Crippen LogP contribution in [0.25, 0.3) is 10.9 Å². The number of likely N-dealkylation sites (N-methyl/N-ethyl adjacent to an activating group) is 1. The molecule has 172 valence electrons. The van der Waals surface area contributed by atoms with Crippen LogP contribution in [0.1, 0.15) is 43.9 Å². The van der Waals surface area contributed by atoms with E-state index in [4.69, 9.17) is 17.0 Å². The van der Waals surface area contributed by atoms with E-state index in [2.05, 4.69) is 53.0 Å². The number of aryl methyl sites for hydroxylation is 2. The molecule has 0 spiro atoms. The Morgan fingerprint density at radius 2 is 1.87 bits per heavy atom. The third-order valence-electron chi connectivity index (χ3n) is 5.55. The van der Waals surface area contributed by atoms with Gasteiger partial charge in [-0.3, -0.25) is 4.79 Å². The van der Waals surface area contributed by atoms with Gasteiger partial charge in [0.05, 0.1) is 12.1 Å². The van der Waals surface area contributed by atoms with Crippen molar-refractivity contribution in [3.63, 3.8) is 0 Å². The second kappa shape index (κ2) is 12.8. The molecule has 0 radical (unpaired) electrons. The van der Waals surface area contributed by atoms with Crippen LogP contribution in [-0.4, -0.2) is 65.8 Å². The van der Waals surface area contributed by atoms with Gasteiger partial charge in [-0.15, -0.1) is 0 Å². The Labute approximate surface area is 192 Å². The molecule has 2 N–H and O–H groups in total. The average molecular weight is 447 g/mol. The zero-order chi connectivity index (χ0) is 22.8. The highest BCUT2D eigenvalue weighted by Gasteiger charge is 2.15. The van der Waals surface area contributed by atoms with E-state index in [-0.39, 0.29) is 5.56 Å². The predicted molar refractivity (Wildman–Crippen MR) is 134 cm³/mol. The highest BCUT2D eigenvalue weighted by Crippen LogP contribution is 2.18. The van der Waals surface area contributed by atoms with Crippen molar-refractivity contribution in [1.29, 1.82) is 0 Å². The normalized spacial score (nSPS) is 11.3. The second-order valence-corrected chi connectivity index (χ2v) is 8.29. The minimum Gasteiger partial charge on any atom is -0.382 e. The smallest absolute Gasteiger partial charge is 0.253 e. The summed E-state index contributed by atoms with van der Waals surface area (Å²) in [4.78, 5) is 20.4. The van der Waals surface area contributed by atoms with E-state index in [9.17, 15) is 4.79 Å². The zero-order valence-corrected chi connectivity index (χ0v) is 20.5. The molecule has 0 unspecified atom stereocenters. The van der Waals surface area contributed by atoms with E-state index in [1.54, 1.807) is 0 Å². The number of fused-ring (bicyclic) bond motifs is 1. The molecule has 0 bridgehead atoms. The maximum Gasteiger partial charge on any atom is 0.253 e. The first-order valence-electron chi connectivity index (χ1n) is 11.4. The second-order valence-electron chi connectivity index (χ2n) is 7.90. The molecule has 7 heteroatoms. The molecule has 0 atom stereocenters. The first kappa shape index (κ1) is 25.3. The van der Waals surface area contributed by atoms with Gasteiger partial charge in [-0.1, -0.05) is 25.5 Å². The van der Waals surface area contributed by atoms with E-state index in [1.807, 2.05) is 19.9 Å². The Morgan fingerprint density at radius 3 is 2.55 bits per heavy atom. The number of ether oxygens (including phenoxy) is 1. The summed E-state index contributed by atoms with van der Waals surface area (Å²) in [7, 11) is 0. The van der Waals surface area contributed by atoms with Crippen LogP contribution >= 0.6 is 12.2 Å². The molecule has 0 saturated heterocycles. The van der Waals surface area contributed by atoms with E-state index >= 15 is 0 Å². The van der Waals surface area contributed by atoms with Crippen molar-refractivity contribution in [3.05, 3.63) is 45.2 Å². The van der Waals surface area contributed by atoms with Gasteiger partial charge in [0, 0.05) is 38.4 Å². The lowest BCUT2D eigenvalue weighted by molar-refractivity contribution is 0.145. The van der Waals surface area contributed by atoms with Gasteiger partial charge in [0.1, 0.15) is 0 Å². The van der Waals surface area contributed by atoms with E-state index < -0.39 is 0 Å². The minimum atomic E-state index is -0.0496. The monoisotopic (exact) mass is 446 g/mol. The van der Waals surface area contributed by atoms with Crippen molar-refractivity contribution in [3.8, 4) is 0 Å². The molecule has 0 aliphatic carbocycles. The number of hydrogen-bond acceptors (Lipinski definition) is 4. The van der Waals surface area contributed by atoms with Gasteiger partial charge in [0.25, 0.3) is 5.56 Å². The fourth-order valence-corrected chi connectivity index (χ4v) is 3.99. The predicted octanol–water partition coefficient (Wildman–Crippen LogP) is 3.59. The zero-order valence-electron chi connectivity index (χ0n) is 19.7. The Hall–Kier alpha value is -1.96. The number of H-pyrrole nitrogens is 1. The van der Waals surface area contributed by atoms with Crippen LogP contribution in [0.3, 0.4) is 0 Å². The first-order chi connectivity index (χ1) is 14.9. The highest BCUT2D eigenvalue weighted by molar-refractivity contribution is 7.80. The quantitative estimate of drug-likeness (QED) is 0.384. The lowest BCUT2D eigenvalue weighted by Crippen LogP contribution is -2.44. The van der Waals surface area contributed by atoms with E-state index in [1.165, 1.54) is 5.56 Å². The molecule has 0 saturated carbocycles. The van der Waals surface area contributed by atoms with Crippen LogP contribution in [0.15, 0.2) is 23.0 Å². The number of rotatable bonds is 12. The third kappa shape index (κ3) is 7.59. The molecule has 6 nitrogen and oxygen atoms in total. The molecule has 1 aromatic heterocycles. The van der Waals surface area contributed by atoms with Gasteiger partial charge >= 0.3 is 0 Å². The summed E-state index contributed by atoms with van der Waals surface area (Å²) in [6.45, 7) is 16.8. The van der Waals surface area contributed by atoms with E-state index in [0.29, 0.717) is 18.3 Å². The van der Waals surface area contributed by atoms with Gasteiger partial charge in [-0.05, 0) is 75.6 Å². The summed E-state index contributed by atoms with van der Waals surface area (Å²) < 4.78 is 5.41. The molecule has 0 amide bonds. The summed E-state index contributed by atoms with van der Waals surface area (Å²) in [5, 5.41) is 5.09. The highest BCUT2D eigenvalue weighted by atomic mass is 32.1. The van der Waals surface area contributed by atoms with Gasteiger partial charge < -0.3 is 24.8 Å². The van der Waals surface area contributed by atoms with Crippen LogP contribution < -0.4 is 10.9 Å². The molecule has 2 rings (SSSR count). The van der Waals surface area contributed by atoms with Crippen molar-refractivity contribution in [1.82, 2.24) is 20.1 Å². The van der Waals surface area contributed by atoms with Crippen molar-refractivity contribution < 1.29 is 4.74 Å². The molecule has 0 aliphatic heterocycles. The van der Waals surface area contributed by atoms with Crippen molar-refractivity contribution in [2.24, 2.45) is 0 Å². The Bertz CT molecular complexity index is 908. The van der Waals surface area contributed by atoms with Crippen LogP contribution in [0.4, 0.5) is 0 Å². The number of nitrogens with one attached hydrogen (secondary N) is 2. The van der Waals surface area contributed by atoms with Crippen LogP contribution in [0, 0.1) is 13.8 Å². The molecular weight excluding hydrogens is 408 g/mol. The molecule has 0 aliphatic rings. The number of aromatic amines is 1. The fraction of sp³-hybridized carbons (Fsp3) is 0.583. The number of hydrogen-bond donors (Lipinski definition) is 2. The lowest BCUT2D eigenvalue weighted by Gasteiger charge is -2.29. The lowest BCUT2D eigenvalue weighted by atomic mass is 10.1.